The van der Waals surface area contributed by atoms with Crippen molar-refractivity contribution < 1.29 is 4.79 Å². The predicted octanol–water partition coefficient (Wildman–Crippen LogP) is 4.13. The molecule has 0 aromatic heterocycles. The molecule has 2 heteroatoms. The SMILES string of the molecule is C=O.Cc1ccc(-c2ccccc2)c(Cl)c1. The van der Waals surface area contributed by atoms with Crippen molar-refractivity contribution in [2.24, 2.45) is 0 Å². The summed E-state index contributed by atoms with van der Waals surface area (Å²) in [6, 6.07) is 16.3. The first-order chi connectivity index (χ1) is 7.77. The molecule has 16 heavy (non-hydrogen) atoms. The van der Waals surface area contributed by atoms with Crippen LogP contribution in [-0.4, -0.2) is 6.79 Å². The molecular formula is C14H13ClO. The van der Waals surface area contributed by atoms with Crippen molar-refractivity contribution in [3.63, 3.8) is 0 Å². The minimum Gasteiger partial charge on any atom is -0.307 e. The molecule has 0 unspecified atom stereocenters. The van der Waals surface area contributed by atoms with E-state index in [1.54, 1.807) is 0 Å². The molecule has 2 aromatic carbocycles. The number of rotatable bonds is 1. The molecule has 0 spiro atoms. The molecule has 0 saturated carbocycles. The Kier molecular flexibility index (Phi) is 4.74. The Bertz CT molecular complexity index is 452. The monoisotopic (exact) mass is 232 g/mol. The lowest BCUT2D eigenvalue weighted by Crippen LogP contribution is -1.80. The van der Waals surface area contributed by atoms with Crippen molar-refractivity contribution in [3.8, 4) is 11.1 Å². The van der Waals surface area contributed by atoms with E-state index in [0.717, 1.165) is 16.1 Å². The summed E-state index contributed by atoms with van der Waals surface area (Å²) >= 11 is 6.16. The van der Waals surface area contributed by atoms with E-state index in [2.05, 4.69) is 24.3 Å². The summed E-state index contributed by atoms with van der Waals surface area (Å²) in [6.45, 7) is 4.04. The fraction of sp³-hybridized carbons (Fsp3) is 0.0714. The van der Waals surface area contributed by atoms with Crippen LogP contribution in [0.1, 0.15) is 5.56 Å². The Morgan fingerprint density at radius 3 is 2.19 bits per heavy atom. The molecule has 0 atom stereocenters. The summed E-state index contributed by atoms with van der Waals surface area (Å²) in [5.74, 6) is 0. The van der Waals surface area contributed by atoms with Crippen LogP contribution in [0.4, 0.5) is 0 Å². The Morgan fingerprint density at radius 2 is 1.62 bits per heavy atom. The zero-order valence-corrected chi connectivity index (χ0v) is 9.87. The van der Waals surface area contributed by atoms with E-state index in [4.69, 9.17) is 16.4 Å². The van der Waals surface area contributed by atoms with E-state index in [0.29, 0.717) is 0 Å². The summed E-state index contributed by atoms with van der Waals surface area (Å²) in [5.41, 5.74) is 3.45. The van der Waals surface area contributed by atoms with Crippen LogP contribution >= 0.6 is 11.6 Å². The van der Waals surface area contributed by atoms with E-state index in [1.807, 2.05) is 38.0 Å². The standard InChI is InChI=1S/C13H11Cl.CH2O/c1-10-7-8-12(13(14)9-10)11-5-3-2-4-6-11;1-2/h2-9H,1H3;1H2. The molecule has 2 rings (SSSR count). The van der Waals surface area contributed by atoms with Gasteiger partial charge in [0.05, 0.1) is 0 Å². The van der Waals surface area contributed by atoms with E-state index in [1.165, 1.54) is 5.56 Å². The highest BCUT2D eigenvalue weighted by molar-refractivity contribution is 6.33. The Balaban J connectivity index is 0.000000606. The van der Waals surface area contributed by atoms with Crippen molar-refractivity contribution in [1.29, 1.82) is 0 Å². The van der Waals surface area contributed by atoms with Crippen LogP contribution in [0.5, 0.6) is 0 Å². The molecule has 0 aliphatic carbocycles. The first-order valence-electron chi connectivity index (χ1n) is 4.88. The molecule has 0 aliphatic rings. The number of benzene rings is 2. The van der Waals surface area contributed by atoms with Crippen molar-refractivity contribution in [2.75, 3.05) is 0 Å². The molecule has 0 radical (unpaired) electrons. The first kappa shape index (κ1) is 12.5. The number of aryl methyl sites for hydroxylation is 1. The third-order valence-electron chi connectivity index (χ3n) is 2.21. The third kappa shape index (κ3) is 2.94. The summed E-state index contributed by atoms with van der Waals surface area (Å²) in [7, 11) is 0. The fourth-order valence-electron chi connectivity index (χ4n) is 1.47. The maximum Gasteiger partial charge on any atom is 0.106 e. The van der Waals surface area contributed by atoms with Crippen molar-refractivity contribution in [1.82, 2.24) is 0 Å². The van der Waals surface area contributed by atoms with E-state index >= 15 is 0 Å². The van der Waals surface area contributed by atoms with Gasteiger partial charge in [-0.3, -0.25) is 0 Å². The maximum atomic E-state index is 8.00. The van der Waals surface area contributed by atoms with Gasteiger partial charge in [-0.15, -0.1) is 0 Å². The minimum absolute atomic E-state index is 0.816. The van der Waals surface area contributed by atoms with Crippen molar-refractivity contribution >= 4 is 18.4 Å². The lowest BCUT2D eigenvalue weighted by atomic mass is 10.0. The number of hydrogen-bond donors (Lipinski definition) is 0. The van der Waals surface area contributed by atoms with Crippen molar-refractivity contribution in [3.05, 3.63) is 59.1 Å². The van der Waals surface area contributed by atoms with Crippen LogP contribution in [-0.2, 0) is 4.79 Å². The maximum absolute atomic E-state index is 8.00. The van der Waals surface area contributed by atoms with Crippen LogP contribution < -0.4 is 0 Å². The molecule has 1 nitrogen and oxygen atoms in total. The lowest BCUT2D eigenvalue weighted by Gasteiger charge is -2.04. The van der Waals surface area contributed by atoms with Gasteiger partial charge < -0.3 is 4.79 Å². The summed E-state index contributed by atoms with van der Waals surface area (Å²) in [4.78, 5) is 8.00. The molecule has 82 valence electrons. The molecule has 0 bridgehead atoms. The van der Waals surface area contributed by atoms with E-state index in [-0.39, 0.29) is 0 Å². The van der Waals surface area contributed by atoms with Gasteiger partial charge in [-0.05, 0) is 24.1 Å². The smallest absolute Gasteiger partial charge is 0.106 e. The summed E-state index contributed by atoms with van der Waals surface area (Å²) in [5, 5.41) is 0.816. The van der Waals surface area contributed by atoms with E-state index in [9.17, 15) is 0 Å². The Labute approximate surface area is 101 Å². The van der Waals surface area contributed by atoms with Gasteiger partial charge in [0.25, 0.3) is 0 Å². The highest BCUT2D eigenvalue weighted by Gasteiger charge is 2.01. The summed E-state index contributed by atoms with van der Waals surface area (Å²) in [6.07, 6.45) is 0. The third-order valence-corrected chi connectivity index (χ3v) is 2.52. The topological polar surface area (TPSA) is 17.1 Å². The minimum atomic E-state index is 0.816. The molecule has 0 fully saturated rings. The van der Waals surface area contributed by atoms with Gasteiger partial charge in [0.1, 0.15) is 6.79 Å². The molecule has 0 saturated heterocycles. The van der Waals surface area contributed by atoms with Gasteiger partial charge in [-0.1, -0.05) is 54.1 Å². The van der Waals surface area contributed by atoms with E-state index < -0.39 is 0 Å². The second-order valence-corrected chi connectivity index (χ2v) is 3.76. The van der Waals surface area contributed by atoms with Gasteiger partial charge in [-0.2, -0.15) is 0 Å². The number of carbonyl (C=O) groups excluding carboxylic acids is 1. The first-order valence-corrected chi connectivity index (χ1v) is 5.25. The predicted molar refractivity (Wildman–Crippen MR) is 68.7 cm³/mol. The van der Waals surface area contributed by atoms with Crippen LogP contribution in [0.2, 0.25) is 5.02 Å². The average molecular weight is 233 g/mol. The molecule has 0 aliphatic heterocycles. The molecule has 0 N–H and O–H groups in total. The van der Waals surface area contributed by atoms with Gasteiger partial charge in [0.2, 0.25) is 0 Å². The molecule has 2 aromatic rings. The second-order valence-electron chi connectivity index (χ2n) is 3.35. The highest BCUT2D eigenvalue weighted by Crippen LogP contribution is 2.28. The Hall–Kier alpha value is -1.60. The highest BCUT2D eigenvalue weighted by atomic mass is 35.5. The quantitative estimate of drug-likeness (QED) is 0.723. The summed E-state index contributed by atoms with van der Waals surface area (Å²) < 4.78 is 0. The van der Waals surface area contributed by atoms with Crippen LogP contribution in [0.3, 0.4) is 0 Å². The van der Waals surface area contributed by atoms with Crippen LogP contribution in [0.25, 0.3) is 11.1 Å². The van der Waals surface area contributed by atoms with Gasteiger partial charge in [0, 0.05) is 10.6 Å². The van der Waals surface area contributed by atoms with Gasteiger partial charge in [-0.25, -0.2) is 0 Å². The molecular weight excluding hydrogens is 220 g/mol. The van der Waals surface area contributed by atoms with Gasteiger partial charge >= 0.3 is 0 Å². The number of hydrogen-bond acceptors (Lipinski definition) is 1. The number of halogens is 1. The normalized spacial score (nSPS) is 9.12. The van der Waals surface area contributed by atoms with Gasteiger partial charge in [0.15, 0.2) is 0 Å². The average Bonchev–Trinajstić information content (AvgIpc) is 2.33. The van der Waals surface area contributed by atoms with Crippen LogP contribution in [0, 0.1) is 6.92 Å². The second kappa shape index (κ2) is 6.09. The molecule has 0 heterocycles. The molecule has 0 amide bonds. The van der Waals surface area contributed by atoms with Crippen LogP contribution in [0.15, 0.2) is 48.5 Å². The van der Waals surface area contributed by atoms with Crippen molar-refractivity contribution in [2.45, 2.75) is 6.92 Å². The zero-order valence-electron chi connectivity index (χ0n) is 9.11. The zero-order chi connectivity index (χ0) is 12.0. The lowest BCUT2D eigenvalue weighted by molar-refractivity contribution is -0.0979. The number of carbonyl (C=O) groups is 1. The largest absolute Gasteiger partial charge is 0.307 e. The Morgan fingerprint density at radius 1 is 1.00 bits per heavy atom. The fourth-order valence-corrected chi connectivity index (χ4v) is 1.82.